The van der Waals surface area contributed by atoms with Gasteiger partial charge >= 0.3 is 5.97 Å². The van der Waals surface area contributed by atoms with Crippen LogP contribution in [0.15, 0.2) is 23.6 Å². The molecule has 2 N–H and O–H groups in total. The number of amides is 1. The van der Waals surface area contributed by atoms with Crippen LogP contribution in [0.1, 0.15) is 25.9 Å². The normalized spacial score (nSPS) is 10.2. The lowest BCUT2D eigenvalue weighted by molar-refractivity contribution is 0.0698. The maximum atomic E-state index is 13.1. The molecule has 0 aliphatic heterocycles. The lowest BCUT2D eigenvalue weighted by atomic mass is 10.1. The summed E-state index contributed by atoms with van der Waals surface area (Å²) in [4.78, 5) is 26.8. The number of thiazole rings is 1. The molecule has 1 amide bonds. The Morgan fingerprint density at radius 3 is 2.74 bits per heavy atom. The summed E-state index contributed by atoms with van der Waals surface area (Å²) in [5.41, 5.74) is -0.104. The fraction of sp³-hybridized carbons (Fsp3) is 0.0833. The molecule has 0 saturated heterocycles. The number of anilines is 1. The summed E-state index contributed by atoms with van der Waals surface area (Å²) >= 11 is 1.29. The van der Waals surface area contributed by atoms with E-state index in [-0.39, 0.29) is 16.9 Å². The van der Waals surface area contributed by atoms with Gasteiger partial charge < -0.3 is 10.4 Å². The molecule has 5 nitrogen and oxygen atoms in total. The van der Waals surface area contributed by atoms with Crippen molar-refractivity contribution in [3.8, 4) is 0 Å². The van der Waals surface area contributed by atoms with Crippen molar-refractivity contribution in [2.24, 2.45) is 0 Å². The topological polar surface area (TPSA) is 79.3 Å². The van der Waals surface area contributed by atoms with Crippen molar-refractivity contribution < 1.29 is 19.1 Å². The van der Waals surface area contributed by atoms with Gasteiger partial charge in [0.25, 0.3) is 5.91 Å². The Labute approximate surface area is 111 Å². The SMILES string of the molecule is Cc1nc(C(=O)Nc2cc(F)ccc2C(=O)O)cs1. The van der Waals surface area contributed by atoms with Crippen LogP contribution in [0.5, 0.6) is 0 Å². The number of aryl methyl sites for hydroxylation is 1. The van der Waals surface area contributed by atoms with Crippen LogP contribution in [0, 0.1) is 12.7 Å². The molecule has 2 rings (SSSR count). The van der Waals surface area contributed by atoms with E-state index in [0.29, 0.717) is 5.01 Å². The van der Waals surface area contributed by atoms with Crippen molar-refractivity contribution in [3.63, 3.8) is 0 Å². The zero-order chi connectivity index (χ0) is 14.0. The van der Waals surface area contributed by atoms with Crippen LogP contribution >= 0.6 is 11.3 Å². The van der Waals surface area contributed by atoms with E-state index in [9.17, 15) is 14.0 Å². The minimum atomic E-state index is -1.25. The second-order valence-electron chi connectivity index (χ2n) is 3.70. The Kier molecular flexibility index (Phi) is 3.57. The summed E-state index contributed by atoms with van der Waals surface area (Å²) in [5.74, 6) is -2.45. The Morgan fingerprint density at radius 1 is 1.42 bits per heavy atom. The first-order valence-corrected chi connectivity index (χ1v) is 6.11. The molecular formula is C12H9FN2O3S. The minimum absolute atomic E-state index is 0.0943. The molecule has 0 aliphatic carbocycles. The first-order valence-electron chi connectivity index (χ1n) is 5.23. The molecule has 1 aromatic heterocycles. The lowest BCUT2D eigenvalue weighted by Crippen LogP contribution is -2.15. The van der Waals surface area contributed by atoms with Gasteiger partial charge in [0.1, 0.15) is 11.5 Å². The van der Waals surface area contributed by atoms with Crippen LogP contribution in [0.25, 0.3) is 0 Å². The third-order valence-electron chi connectivity index (χ3n) is 2.31. The number of aromatic carboxylic acids is 1. The van der Waals surface area contributed by atoms with E-state index in [1.54, 1.807) is 12.3 Å². The van der Waals surface area contributed by atoms with Crippen molar-refractivity contribution >= 4 is 28.9 Å². The molecule has 1 heterocycles. The average molecular weight is 280 g/mol. The molecule has 0 bridgehead atoms. The van der Waals surface area contributed by atoms with Crippen LogP contribution < -0.4 is 5.32 Å². The number of rotatable bonds is 3. The number of carboxylic acids is 1. The second-order valence-corrected chi connectivity index (χ2v) is 4.76. The Bertz CT molecular complexity index is 654. The number of benzene rings is 1. The van der Waals surface area contributed by atoms with Crippen LogP contribution in [0.2, 0.25) is 0 Å². The number of hydrogen-bond donors (Lipinski definition) is 2. The first kappa shape index (κ1) is 13.2. The van der Waals surface area contributed by atoms with Gasteiger partial charge in [-0.15, -0.1) is 11.3 Å². The fourth-order valence-corrected chi connectivity index (χ4v) is 2.05. The number of nitrogens with one attached hydrogen (secondary N) is 1. The lowest BCUT2D eigenvalue weighted by Gasteiger charge is -2.07. The second kappa shape index (κ2) is 5.15. The van der Waals surface area contributed by atoms with Gasteiger partial charge in [-0.05, 0) is 25.1 Å². The van der Waals surface area contributed by atoms with E-state index in [1.807, 2.05) is 0 Å². The largest absolute Gasteiger partial charge is 0.478 e. The number of nitrogens with zero attached hydrogens (tertiary/aromatic N) is 1. The third kappa shape index (κ3) is 2.94. The van der Waals surface area contributed by atoms with Gasteiger partial charge in [0.05, 0.1) is 16.3 Å². The van der Waals surface area contributed by atoms with Crippen molar-refractivity contribution in [2.45, 2.75) is 6.92 Å². The van der Waals surface area contributed by atoms with Crippen LogP contribution in [0.4, 0.5) is 10.1 Å². The van der Waals surface area contributed by atoms with E-state index in [4.69, 9.17) is 5.11 Å². The molecule has 7 heteroatoms. The number of hydrogen-bond acceptors (Lipinski definition) is 4. The molecule has 0 radical (unpaired) electrons. The zero-order valence-corrected chi connectivity index (χ0v) is 10.6. The zero-order valence-electron chi connectivity index (χ0n) is 9.81. The molecule has 98 valence electrons. The standard InChI is InChI=1S/C12H9FN2O3S/c1-6-14-10(5-19-6)11(16)15-9-4-7(13)2-3-8(9)12(17)18/h2-5H,1H3,(H,15,16)(H,17,18). The van der Waals surface area contributed by atoms with Gasteiger partial charge in [-0.1, -0.05) is 0 Å². The summed E-state index contributed by atoms with van der Waals surface area (Å²) in [7, 11) is 0. The number of carbonyl (C=O) groups is 2. The predicted molar refractivity (Wildman–Crippen MR) is 68.2 cm³/mol. The monoisotopic (exact) mass is 280 g/mol. The smallest absolute Gasteiger partial charge is 0.337 e. The van der Waals surface area contributed by atoms with E-state index in [0.717, 1.165) is 18.2 Å². The number of halogens is 1. The Balaban J connectivity index is 2.30. The molecule has 0 spiro atoms. The molecule has 19 heavy (non-hydrogen) atoms. The van der Waals surface area contributed by atoms with E-state index >= 15 is 0 Å². The summed E-state index contributed by atoms with van der Waals surface area (Å²) in [6, 6.07) is 3.08. The van der Waals surface area contributed by atoms with Crippen molar-refractivity contribution in [1.82, 2.24) is 4.98 Å². The maximum absolute atomic E-state index is 13.1. The van der Waals surface area contributed by atoms with Crippen LogP contribution in [-0.2, 0) is 0 Å². The molecule has 0 unspecified atom stereocenters. The van der Waals surface area contributed by atoms with E-state index in [1.165, 1.54) is 11.3 Å². The fourth-order valence-electron chi connectivity index (χ4n) is 1.46. The molecular weight excluding hydrogens is 271 g/mol. The van der Waals surface area contributed by atoms with Gasteiger partial charge in [0.15, 0.2) is 0 Å². The van der Waals surface area contributed by atoms with E-state index < -0.39 is 17.7 Å². The average Bonchev–Trinajstić information content (AvgIpc) is 2.75. The van der Waals surface area contributed by atoms with Gasteiger partial charge in [0, 0.05) is 5.38 Å². The number of carbonyl (C=O) groups excluding carboxylic acids is 1. The quantitative estimate of drug-likeness (QED) is 0.905. The van der Waals surface area contributed by atoms with Gasteiger partial charge in [0.2, 0.25) is 0 Å². The summed E-state index contributed by atoms with van der Waals surface area (Å²) in [5, 5.41) is 13.6. The molecule has 1 aromatic carbocycles. The van der Waals surface area contributed by atoms with Crippen LogP contribution in [-0.4, -0.2) is 22.0 Å². The summed E-state index contributed by atoms with van der Waals surface area (Å²) in [6.07, 6.45) is 0. The molecule has 0 fully saturated rings. The Hall–Kier alpha value is -2.28. The van der Waals surface area contributed by atoms with Gasteiger partial charge in [-0.3, -0.25) is 4.79 Å². The highest BCUT2D eigenvalue weighted by Crippen LogP contribution is 2.19. The first-order chi connectivity index (χ1) is 8.97. The molecule has 0 aliphatic rings. The van der Waals surface area contributed by atoms with Gasteiger partial charge in [-0.25, -0.2) is 14.2 Å². The Morgan fingerprint density at radius 2 is 2.16 bits per heavy atom. The highest BCUT2D eigenvalue weighted by atomic mass is 32.1. The molecule has 2 aromatic rings. The minimum Gasteiger partial charge on any atom is -0.478 e. The third-order valence-corrected chi connectivity index (χ3v) is 3.09. The van der Waals surface area contributed by atoms with Crippen molar-refractivity contribution in [3.05, 3.63) is 45.7 Å². The molecule has 0 saturated carbocycles. The predicted octanol–water partition coefficient (Wildman–Crippen LogP) is 2.54. The van der Waals surface area contributed by atoms with Crippen molar-refractivity contribution in [1.29, 1.82) is 0 Å². The van der Waals surface area contributed by atoms with Gasteiger partial charge in [-0.2, -0.15) is 0 Å². The maximum Gasteiger partial charge on any atom is 0.337 e. The van der Waals surface area contributed by atoms with Crippen LogP contribution in [0.3, 0.4) is 0 Å². The summed E-state index contributed by atoms with van der Waals surface area (Å²) < 4.78 is 13.1. The summed E-state index contributed by atoms with van der Waals surface area (Å²) in [6.45, 7) is 1.74. The highest BCUT2D eigenvalue weighted by Gasteiger charge is 2.15. The van der Waals surface area contributed by atoms with Crippen molar-refractivity contribution in [2.75, 3.05) is 5.32 Å². The molecule has 0 atom stereocenters. The number of aromatic nitrogens is 1. The van der Waals surface area contributed by atoms with E-state index in [2.05, 4.69) is 10.3 Å². The highest BCUT2D eigenvalue weighted by molar-refractivity contribution is 7.09. The number of carboxylic acid groups (broad SMARTS) is 1.